The van der Waals surface area contributed by atoms with Crippen LogP contribution in [-0.4, -0.2) is 24.5 Å². The molecule has 1 aromatic rings. The molecule has 16 heavy (non-hydrogen) atoms. The van der Waals surface area contributed by atoms with E-state index in [0.717, 1.165) is 5.56 Å². The first-order valence-electron chi connectivity index (χ1n) is 4.89. The Kier molecular flexibility index (Phi) is 7.03. The minimum atomic E-state index is -0.230. The van der Waals surface area contributed by atoms with Gasteiger partial charge in [-0.05, 0) is 24.6 Å². The molecule has 5 heteroatoms. The number of hydrogen-bond acceptors (Lipinski definition) is 1. The fourth-order valence-corrected chi connectivity index (χ4v) is 1.27. The molecule has 0 saturated heterocycles. The zero-order valence-electron chi connectivity index (χ0n) is 9.48. The Morgan fingerprint density at radius 3 is 2.75 bits per heavy atom. The third kappa shape index (κ3) is 4.78. The highest BCUT2D eigenvalue weighted by atomic mass is 127. The van der Waals surface area contributed by atoms with Crippen LogP contribution >= 0.6 is 24.0 Å². The summed E-state index contributed by atoms with van der Waals surface area (Å²) >= 11 is 0. The zero-order chi connectivity index (χ0) is 11.3. The number of halogens is 2. The minimum Gasteiger partial charge on any atom is -0.370 e. The highest BCUT2D eigenvalue weighted by Crippen LogP contribution is 2.05. The number of hydrogen-bond donors (Lipinski definition) is 1. The van der Waals surface area contributed by atoms with Gasteiger partial charge in [0.25, 0.3) is 0 Å². The fourth-order valence-electron chi connectivity index (χ4n) is 1.27. The fraction of sp³-hybridized carbons (Fsp3) is 0.364. The van der Waals surface area contributed by atoms with Crippen molar-refractivity contribution >= 4 is 29.9 Å². The molecule has 0 bridgehead atoms. The van der Waals surface area contributed by atoms with Gasteiger partial charge >= 0.3 is 0 Å². The molecule has 0 radical (unpaired) electrons. The molecule has 0 spiro atoms. The van der Waals surface area contributed by atoms with Crippen molar-refractivity contribution in [3.63, 3.8) is 0 Å². The summed E-state index contributed by atoms with van der Waals surface area (Å²) in [5.41, 5.74) is 6.58. The molecule has 0 atom stereocenters. The Labute approximate surface area is 113 Å². The van der Waals surface area contributed by atoms with Crippen LogP contribution in [-0.2, 0) is 6.54 Å². The lowest BCUT2D eigenvalue weighted by molar-refractivity contribution is 0.490. The zero-order valence-corrected chi connectivity index (χ0v) is 11.8. The molecule has 0 aliphatic carbocycles. The predicted octanol–water partition coefficient (Wildman–Crippen LogP) is 2.21. The number of benzene rings is 1. The van der Waals surface area contributed by atoms with E-state index in [1.807, 2.05) is 20.0 Å². The summed E-state index contributed by atoms with van der Waals surface area (Å²) in [5.74, 6) is 0.244. The van der Waals surface area contributed by atoms with E-state index in [9.17, 15) is 4.39 Å². The maximum Gasteiger partial charge on any atom is 0.191 e. The van der Waals surface area contributed by atoms with Gasteiger partial charge in [-0.1, -0.05) is 12.1 Å². The van der Waals surface area contributed by atoms with E-state index >= 15 is 0 Å². The van der Waals surface area contributed by atoms with E-state index in [2.05, 4.69) is 4.99 Å². The molecule has 0 saturated carbocycles. The Bertz CT molecular complexity index is 355. The van der Waals surface area contributed by atoms with Gasteiger partial charge in [-0.2, -0.15) is 0 Å². The van der Waals surface area contributed by atoms with Crippen LogP contribution in [0.3, 0.4) is 0 Å². The van der Waals surface area contributed by atoms with Crippen molar-refractivity contribution in [2.75, 3.05) is 13.6 Å². The van der Waals surface area contributed by atoms with Gasteiger partial charge in [0.2, 0.25) is 0 Å². The molecule has 0 aromatic heterocycles. The third-order valence-electron chi connectivity index (χ3n) is 2.02. The summed E-state index contributed by atoms with van der Waals surface area (Å²) in [4.78, 5) is 5.86. The van der Waals surface area contributed by atoms with Gasteiger partial charge in [-0.15, -0.1) is 24.0 Å². The lowest BCUT2D eigenvalue weighted by atomic mass is 10.2. The first kappa shape index (κ1) is 15.2. The van der Waals surface area contributed by atoms with E-state index in [1.54, 1.807) is 11.0 Å². The SMILES string of the molecule is CCN=C(N)N(C)Cc1cccc(F)c1.I. The van der Waals surface area contributed by atoms with Crippen molar-refractivity contribution in [3.8, 4) is 0 Å². The highest BCUT2D eigenvalue weighted by Gasteiger charge is 2.02. The van der Waals surface area contributed by atoms with E-state index in [4.69, 9.17) is 5.73 Å². The summed E-state index contributed by atoms with van der Waals surface area (Å²) in [7, 11) is 1.83. The van der Waals surface area contributed by atoms with Crippen LogP contribution in [0, 0.1) is 5.82 Å². The van der Waals surface area contributed by atoms with E-state index in [0.29, 0.717) is 19.0 Å². The number of rotatable bonds is 3. The van der Waals surface area contributed by atoms with E-state index in [1.165, 1.54) is 12.1 Å². The standard InChI is InChI=1S/C11H16FN3.HI/c1-3-14-11(13)15(2)8-9-5-4-6-10(12)7-9;/h4-7H,3,8H2,1-2H3,(H2,13,14);1H. The molecule has 0 unspecified atom stereocenters. The molecule has 3 nitrogen and oxygen atoms in total. The normalized spacial score (nSPS) is 10.8. The molecule has 1 aromatic carbocycles. The van der Waals surface area contributed by atoms with Crippen molar-refractivity contribution in [2.45, 2.75) is 13.5 Å². The smallest absolute Gasteiger partial charge is 0.191 e. The molecule has 0 aliphatic heterocycles. The van der Waals surface area contributed by atoms with Crippen LogP contribution in [0.5, 0.6) is 0 Å². The van der Waals surface area contributed by atoms with E-state index in [-0.39, 0.29) is 29.8 Å². The monoisotopic (exact) mass is 337 g/mol. The second-order valence-corrected chi connectivity index (χ2v) is 3.32. The van der Waals surface area contributed by atoms with Gasteiger partial charge in [0, 0.05) is 20.1 Å². The molecule has 0 heterocycles. The average molecular weight is 337 g/mol. The summed E-state index contributed by atoms with van der Waals surface area (Å²) in [6, 6.07) is 6.47. The summed E-state index contributed by atoms with van der Waals surface area (Å²) in [5, 5.41) is 0. The average Bonchev–Trinajstić information content (AvgIpc) is 2.18. The second kappa shape index (κ2) is 7.43. The quantitative estimate of drug-likeness (QED) is 0.522. The van der Waals surface area contributed by atoms with Gasteiger partial charge in [0.15, 0.2) is 5.96 Å². The highest BCUT2D eigenvalue weighted by molar-refractivity contribution is 14.0. The molecule has 0 fully saturated rings. The van der Waals surface area contributed by atoms with Gasteiger partial charge in [-0.3, -0.25) is 4.99 Å². The van der Waals surface area contributed by atoms with Crippen LogP contribution in [0.2, 0.25) is 0 Å². The Hall–Kier alpha value is -0.850. The van der Waals surface area contributed by atoms with E-state index < -0.39 is 0 Å². The molecular formula is C11H17FIN3. The molecule has 0 amide bonds. The largest absolute Gasteiger partial charge is 0.370 e. The van der Waals surface area contributed by atoms with Crippen molar-refractivity contribution in [1.29, 1.82) is 0 Å². The molecule has 90 valence electrons. The minimum absolute atomic E-state index is 0. The number of nitrogens with zero attached hydrogens (tertiary/aromatic N) is 2. The van der Waals surface area contributed by atoms with Crippen molar-refractivity contribution < 1.29 is 4.39 Å². The first-order chi connectivity index (χ1) is 7.13. The maximum absolute atomic E-state index is 12.9. The lowest BCUT2D eigenvalue weighted by Gasteiger charge is -2.17. The van der Waals surface area contributed by atoms with Crippen molar-refractivity contribution in [2.24, 2.45) is 10.7 Å². The maximum atomic E-state index is 12.9. The van der Waals surface area contributed by atoms with Gasteiger partial charge < -0.3 is 10.6 Å². The van der Waals surface area contributed by atoms with Crippen LogP contribution in [0.4, 0.5) is 4.39 Å². The summed E-state index contributed by atoms with van der Waals surface area (Å²) < 4.78 is 12.9. The topological polar surface area (TPSA) is 41.6 Å². The molecule has 1 rings (SSSR count). The number of guanidine groups is 1. The Morgan fingerprint density at radius 2 is 2.19 bits per heavy atom. The molecule has 2 N–H and O–H groups in total. The third-order valence-corrected chi connectivity index (χ3v) is 2.02. The van der Waals surface area contributed by atoms with Gasteiger partial charge in [0.1, 0.15) is 5.82 Å². The van der Waals surface area contributed by atoms with Crippen LogP contribution < -0.4 is 5.73 Å². The second-order valence-electron chi connectivity index (χ2n) is 3.32. The van der Waals surface area contributed by atoms with Crippen molar-refractivity contribution in [3.05, 3.63) is 35.6 Å². The van der Waals surface area contributed by atoms with Gasteiger partial charge in [-0.25, -0.2) is 4.39 Å². The predicted molar refractivity (Wildman–Crippen MR) is 75.4 cm³/mol. The van der Waals surface area contributed by atoms with Crippen molar-refractivity contribution in [1.82, 2.24) is 4.90 Å². The Morgan fingerprint density at radius 1 is 1.50 bits per heavy atom. The van der Waals surface area contributed by atoms with Crippen LogP contribution in [0.1, 0.15) is 12.5 Å². The number of aliphatic imine (C=N–C) groups is 1. The first-order valence-corrected chi connectivity index (χ1v) is 4.89. The molecular weight excluding hydrogens is 320 g/mol. The molecule has 0 aliphatic rings. The lowest BCUT2D eigenvalue weighted by Crippen LogP contribution is -2.33. The van der Waals surface area contributed by atoms with Gasteiger partial charge in [0.05, 0.1) is 0 Å². The number of nitrogens with two attached hydrogens (primary N) is 1. The van der Waals surface area contributed by atoms with Crippen LogP contribution in [0.15, 0.2) is 29.3 Å². The van der Waals surface area contributed by atoms with Crippen LogP contribution in [0.25, 0.3) is 0 Å². The summed E-state index contributed by atoms with van der Waals surface area (Å²) in [6.07, 6.45) is 0. The Balaban J connectivity index is 0.00000225. The summed E-state index contributed by atoms with van der Waals surface area (Å²) in [6.45, 7) is 3.13.